The van der Waals surface area contributed by atoms with E-state index >= 15 is 0 Å². The monoisotopic (exact) mass is 327 g/mol. The Kier molecular flexibility index (Phi) is 4.95. The Labute approximate surface area is 141 Å². The highest BCUT2D eigenvalue weighted by atomic mass is 19.1. The number of halogens is 1. The molecule has 3 nitrogen and oxygen atoms in total. The summed E-state index contributed by atoms with van der Waals surface area (Å²) in [6.07, 6.45) is 1.75. The Hall–Kier alpha value is -2.20. The average Bonchev–Trinajstić information content (AvgIpc) is 3.03. The Bertz CT molecular complexity index is 717. The molecule has 1 aliphatic rings. The van der Waals surface area contributed by atoms with E-state index in [0.29, 0.717) is 24.1 Å². The van der Waals surface area contributed by atoms with Crippen LogP contribution in [0.15, 0.2) is 48.5 Å². The number of hydrogen-bond acceptors (Lipinski definition) is 2. The van der Waals surface area contributed by atoms with E-state index in [1.807, 2.05) is 35.2 Å². The van der Waals surface area contributed by atoms with Crippen molar-refractivity contribution in [3.63, 3.8) is 0 Å². The van der Waals surface area contributed by atoms with Gasteiger partial charge in [-0.1, -0.05) is 30.3 Å². The van der Waals surface area contributed by atoms with Crippen LogP contribution in [0, 0.1) is 12.7 Å². The molecule has 1 fully saturated rings. The van der Waals surface area contributed by atoms with Crippen molar-refractivity contribution in [1.82, 2.24) is 4.90 Å². The lowest BCUT2D eigenvalue weighted by atomic mass is 9.99. The number of carbonyl (C=O) groups excluding carboxylic acids is 1. The SMILES string of the molecule is Cc1cc(F)ccc1C(=O)N1CCCC1CC(O)c1ccccc1. The van der Waals surface area contributed by atoms with Crippen LogP contribution in [0.25, 0.3) is 0 Å². The molecule has 3 rings (SSSR count). The summed E-state index contributed by atoms with van der Waals surface area (Å²) in [5.41, 5.74) is 2.06. The number of aliphatic hydroxyl groups is 1. The van der Waals surface area contributed by atoms with Gasteiger partial charge in [-0.2, -0.15) is 0 Å². The largest absolute Gasteiger partial charge is 0.388 e. The second kappa shape index (κ2) is 7.14. The van der Waals surface area contributed by atoms with E-state index in [1.54, 1.807) is 13.0 Å². The number of nitrogens with zero attached hydrogens (tertiary/aromatic N) is 1. The van der Waals surface area contributed by atoms with Crippen LogP contribution in [0.2, 0.25) is 0 Å². The molecule has 1 saturated heterocycles. The van der Waals surface area contributed by atoms with Gasteiger partial charge in [-0.05, 0) is 55.5 Å². The molecule has 24 heavy (non-hydrogen) atoms. The predicted molar refractivity (Wildman–Crippen MR) is 91.2 cm³/mol. The molecular weight excluding hydrogens is 305 g/mol. The molecule has 126 valence electrons. The highest BCUT2D eigenvalue weighted by Gasteiger charge is 2.31. The molecule has 0 bridgehead atoms. The van der Waals surface area contributed by atoms with Crippen LogP contribution in [-0.4, -0.2) is 28.5 Å². The van der Waals surface area contributed by atoms with Crippen molar-refractivity contribution in [2.75, 3.05) is 6.54 Å². The minimum absolute atomic E-state index is 0.0113. The molecule has 0 saturated carbocycles. The number of aliphatic hydroxyl groups excluding tert-OH is 1. The minimum atomic E-state index is -0.584. The van der Waals surface area contributed by atoms with Gasteiger partial charge in [-0.15, -0.1) is 0 Å². The van der Waals surface area contributed by atoms with Gasteiger partial charge in [0.2, 0.25) is 0 Å². The molecule has 0 aromatic heterocycles. The third-order valence-electron chi connectivity index (χ3n) is 4.74. The standard InChI is InChI=1S/C20H22FNO2/c1-14-12-16(21)9-10-18(14)20(24)22-11-5-8-17(22)13-19(23)15-6-3-2-4-7-15/h2-4,6-7,9-10,12,17,19,23H,5,8,11,13H2,1H3. The second-order valence-corrected chi connectivity index (χ2v) is 6.42. The maximum absolute atomic E-state index is 13.3. The maximum Gasteiger partial charge on any atom is 0.254 e. The normalized spacial score (nSPS) is 18.6. The van der Waals surface area contributed by atoms with Gasteiger partial charge in [0, 0.05) is 18.2 Å². The number of carbonyl (C=O) groups is 1. The van der Waals surface area contributed by atoms with E-state index in [0.717, 1.165) is 18.4 Å². The zero-order chi connectivity index (χ0) is 17.1. The van der Waals surface area contributed by atoms with Crippen molar-refractivity contribution in [3.05, 3.63) is 71.0 Å². The topological polar surface area (TPSA) is 40.5 Å². The molecule has 1 amide bonds. The summed E-state index contributed by atoms with van der Waals surface area (Å²) < 4.78 is 13.3. The smallest absolute Gasteiger partial charge is 0.254 e. The summed E-state index contributed by atoms with van der Waals surface area (Å²) in [4.78, 5) is 14.7. The van der Waals surface area contributed by atoms with Crippen LogP contribution >= 0.6 is 0 Å². The van der Waals surface area contributed by atoms with Gasteiger partial charge in [-0.25, -0.2) is 4.39 Å². The Morgan fingerprint density at radius 2 is 2.04 bits per heavy atom. The Balaban J connectivity index is 1.74. The van der Waals surface area contributed by atoms with Gasteiger partial charge in [0.15, 0.2) is 0 Å². The Morgan fingerprint density at radius 1 is 1.29 bits per heavy atom. The molecular formula is C20H22FNO2. The molecule has 2 aromatic rings. The van der Waals surface area contributed by atoms with E-state index in [9.17, 15) is 14.3 Å². The van der Waals surface area contributed by atoms with Gasteiger partial charge in [-0.3, -0.25) is 4.79 Å². The van der Waals surface area contributed by atoms with Crippen molar-refractivity contribution < 1.29 is 14.3 Å². The minimum Gasteiger partial charge on any atom is -0.388 e. The number of amides is 1. The molecule has 2 aromatic carbocycles. The highest BCUT2D eigenvalue weighted by Crippen LogP contribution is 2.29. The van der Waals surface area contributed by atoms with E-state index in [4.69, 9.17) is 0 Å². The number of hydrogen-bond donors (Lipinski definition) is 1. The summed E-state index contributed by atoms with van der Waals surface area (Å²) in [5.74, 6) is -0.406. The van der Waals surface area contributed by atoms with E-state index < -0.39 is 6.10 Å². The highest BCUT2D eigenvalue weighted by molar-refractivity contribution is 5.96. The zero-order valence-electron chi connectivity index (χ0n) is 13.8. The summed E-state index contributed by atoms with van der Waals surface area (Å²) in [7, 11) is 0. The fourth-order valence-electron chi connectivity index (χ4n) is 3.44. The molecule has 0 aliphatic carbocycles. The van der Waals surface area contributed by atoms with Crippen LogP contribution in [0.1, 0.15) is 46.9 Å². The fraction of sp³-hybridized carbons (Fsp3) is 0.350. The maximum atomic E-state index is 13.3. The summed E-state index contributed by atoms with van der Waals surface area (Å²) in [5, 5.41) is 10.5. The van der Waals surface area contributed by atoms with Gasteiger partial charge < -0.3 is 10.0 Å². The van der Waals surface area contributed by atoms with Crippen molar-refractivity contribution in [2.45, 2.75) is 38.3 Å². The summed E-state index contributed by atoms with van der Waals surface area (Å²) >= 11 is 0. The molecule has 1 N–H and O–H groups in total. The summed E-state index contributed by atoms with van der Waals surface area (Å²) in [6, 6.07) is 13.8. The van der Waals surface area contributed by atoms with Crippen molar-refractivity contribution in [1.29, 1.82) is 0 Å². The van der Waals surface area contributed by atoms with E-state index in [1.165, 1.54) is 12.1 Å². The van der Waals surface area contributed by atoms with Crippen LogP contribution in [-0.2, 0) is 0 Å². The number of aryl methyl sites for hydroxylation is 1. The number of rotatable bonds is 4. The third-order valence-corrected chi connectivity index (χ3v) is 4.74. The van der Waals surface area contributed by atoms with Gasteiger partial charge in [0.25, 0.3) is 5.91 Å². The molecule has 0 spiro atoms. The fourth-order valence-corrected chi connectivity index (χ4v) is 3.44. The Morgan fingerprint density at radius 3 is 2.75 bits per heavy atom. The molecule has 1 aliphatic heterocycles. The van der Waals surface area contributed by atoms with Crippen LogP contribution < -0.4 is 0 Å². The third kappa shape index (κ3) is 3.49. The van der Waals surface area contributed by atoms with Gasteiger partial charge in [0.05, 0.1) is 6.10 Å². The van der Waals surface area contributed by atoms with Crippen LogP contribution in [0.4, 0.5) is 4.39 Å². The quantitative estimate of drug-likeness (QED) is 0.926. The van der Waals surface area contributed by atoms with Crippen molar-refractivity contribution in [3.8, 4) is 0 Å². The van der Waals surface area contributed by atoms with Crippen molar-refractivity contribution >= 4 is 5.91 Å². The summed E-state index contributed by atoms with van der Waals surface area (Å²) in [6.45, 7) is 2.43. The lowest BCUT2D eigenvalue weighted by Gasteiger charge is -2.27. The first kappa shape index (κ1) is 16.7. The first-order valence-electron chi connectivity index (χ1n) is 8.36. The lowest BCUT2D eigenvalue weighted by molar-refractivity contribution is 0.0666. The molecule has 2 atom stereocenters. The first-order chi connectivity index (χ1) is 11.6. The number of likely N-dealkylation sites (tertiary alicyclic amines) is 1. The first-order valence-corrected chi connectivity index (χ1v) is 8.36. The van der Waals surface area contributed by atoms with E-state index in [-0.39, 0.29) is 17.8 Å². The zero-order valence-corrected chi connectivity index (χ0v) is 13.8. The van der Waals surface area contributed by atoms with E-state index in [2.05, 4.69) is 0 Å². The second-order valence-electron chi connectivity index (χ2n) is 6.42. The van der Waals surface area contributed by atoms with Crippen LogP contribution in [0.5, 0.6) is 0 Å². The number of benzene rings is 2. The van der Waals surface area contributed by atoms with Crippen LogP contribution in [0.3, 0.4) is 0 Å². The molecule has 2 unspecified atom stereocenters. The average molecular weight is 327 g/mol. The lowest BCUT2D eigenvalue weighted by Crippen LogP contribution is -2.36. The van der Waals surface area contributed by atoms with Crippen molar-refractivity contribution in [2.24, 2.45) is 0 Å². The molecule has 4 heteroatoms. The molecule has 0 radical (unpaired) electrons. The van der Waals surface area contributed by atoms with Gasteiger partial charge in [0.1, 0.15) is 5.82 Å². The van der Waals surface area contributed by atoms with Gasteiger partial charge >= 0.3 is 0 Å². The predicted octanol–water partition coefficient (Wildman–Crippen LogP) is 3.86. The molecule has 1 heterocycles.